The van der Waals surface area contributed by atoms with E-state index < -0.39 is 17.7 Å². The number of amidine groups is 1. The molecule has 35 heavy (non-hydrogen) atoms. The molecule has 16 heteroatoms. The molecule has 0 fully saturated rings. The third kappa shape index (κ3) is 6.30. The second kappa shape index (κ2) is 11.9. The molecule has 0 aromatic carbocycles. The van der Waals surface area contributed by atoms with Gasteiger partial charge in [-0.05, 0) is 20.8 Å². The standard InChI is InChI=1S/C19H25N11O3.2ClH/c1-7-10(20)6-24-12(7)18(32)25-16-9(3)14(28-30-16)19(33)26-15-8(2)13(27-29-15)17(31)23-5-4-11(21)22;;/h6,24H,4-5,20H2,1-3H3,(H3,21,22)(H,23,31)(H2,25,28,30,32)(H2,26,27,29,33);2*1H. The van der Waals surface area contributed by atoms with Crippen LogP contribution in [-0.2, 0) is 0 Å². The molecule has 0 saturated carbocycles. The summed E-state index contributed by atoms with van der Waals surface area (Å²) >= 11 is 0. The predicted octanol–water partition coefficient (Wildman–Crippen LogP) is 1.37. The molecule has 3 amide bonds. The minimum atomic E-state index is -0.557. The Morgan fingerprint density at radius 1 is 0.886 bits per heavy atom. The number of H-pyrrole nitrogens is 3. The SMILES string of the molecule is Cc1c(N)c[nH]c1C(=O)Nc1n[nH]c(C(=O)Nc2n[nH]c(C(=O)NCCC(=N)N)c2C)c1C.Cl.Cl. The number of hydrogen-bond acceptors (Lipinski definition) is 7. The maximum Gasteiger partial charge on any atom is 0.275 e. The van der Waals surface area contributed by atoms with E-state index in [0.717, 1.165) is 0 Å². The second-order valence-corrected chi connectivity index (χ2v) is 7.33. The van der Waals surface area contributed by atoms with E-state index in [9.17, 15) is 14.4 Å². The lowest BCUT2D eigenvalue weighted by Gasteiger charge is -2.05. The number of nitrogen functional groups attached to an aromatic ring is 1. The van der Waals surface area contributed by atoms with Crippen molar-refractivity contribution >= 4 is 65.7 Å². The minimum Gasteiger partial charge on any atom is -0.397 e. The summed E-state index contributed by atoms with van der Waals surface area (Å²) in [6.45, 7) is 5.15. The Balaban J connectivity index is 0.00000306. The Morgan fingerprint density at radius 2 is 1.37 bits per heavy atom. The first kappa shape index (κ1) is 29.0. The van der Waals surface area contributed by atoms with Gasteiger partial charge >= 0.3 is 0 Å². The molecule has 0 aliphatic carbocycles. The monoisotopic (exact) mass is 527 g/mol. The number of aromatic amines is 3. The Morgan fingerprint density at radius 3 is 1.83 bits per heavy atom. The number of carbonyl (C=O) groups excluding carboxylic acids is 3. The topological polar surface area (TPSA) is 236 Å². The summed E-state index contributed by atoms with van der Waals surface area (Å²) in [7, 11) is 0. The number of amides is 3. The number of nitrogens with one attached hydrogen (secondary N) is 7. The van der Waals surface area contributed by atoms with Gasteiger partial charge in [-0.25, -0.2) is 0 Å². The van der Waals surface area contributed by atoms with Crippen LogP contribution in [0.25, 0.3) is 0 Å². The Kier molecular flexibility index (Phi) is 9.85. The van der Waals surface area contributed by atoms with Gasteiger partial charge in [0.25, 0.3) is 17.7 Å². The van der Waals surface area contributed by atoms with E-state index >= 15 is 0 Å². The molecule has 0 radical (unpaired) electrons. The zero-order valence-corrected chi connectivity index (χ0v) is 20.7. The van der Waals surface area contributed by atoms with Crippen LogP contribution in [0.4, 0.5) is 17.3 Å². The maximum atomic E-state index is 12.7. The molecule has 0 atom stereocenters. The molecule has 14 nitrogen and oxygen atoms in total. The first-order chi connectivity index (χ1) is 15.6. The van der Waals surface area contributed by atoms with Crippen LogP contribution in [0.15, 0.2) is 6.20 Å². The van der Waals surface area contributed by atoms with Gasteiger partial charge in [-0.3, -0.25) is 30.0 Å². The highest BCUT2D eigenvalue weighted by Crippen LogP contribution is 2.21. The average Bonchev–Trinajstić information content (AvgIpc) is 3.40. The van der Waals surface area contributed by atoms with Gasteiger partial charge in [-0.1, -0.05) is 0 Å². The number of hydrogen-bond donors (Lipinski definition) is 9. The van der Waals surface area contributed by atoms with Gasteiger partial charge in [0.1, 0.15) is 17.1 Å². The van der Waals surface area contributed by atoms with Crippen LogP contribution in [0.3, 0.4) is 0 Å². The van der Waals surface area contributed by atoms with Crippen LogP contribution in [0.5, 0.6) is 0 Å². The number of nitrogens with zero attached hydrogens (tertiary/aromatic N) is 2. The fourth-order valence-corrected chi connectivity index (χ4v) is 2.97. The summed E-state index contributed by atoms with van der Waals surface area (Å²) in [5, 5.41) is 28.2. The lowest BCUT2D eigenvalue weighted by molar-refractivity contribution is 0.0947. The fraction of sp³-hybridized carbons (Fsp3) is 0.263. The second-order valence-electron chi connectivity index (χ2n) is 7.33. The molecule has 3 heterocycles. The van der Waals surface area contributed by atoms with Gasteiger partial charge in [0.15, 0.2) is 11.6 Å². The van der Waals surface area contributed by atoms with Gasteiger partial charge in [0, 0.05) is 35.9 Å². The van der Waals surface area contributed by atoms with Crippen LogP contribution in [-0.4, -0.2) is 55.5 Å². The zero-order valence-electron chi connectivity index (χ0n) is 19.1. The van der Waals surface area contributed by atoms with Crippen molar-refractivity contribution in [2.75, 3.05) is 22.9 Å². The van der Waals surface area contributed by atoms with Crippen LogP contribution in [0.2, 0.25) is 0 Å². The Hall–Kier alpha value is -4.04. The van der Waals surface area contributed by atoms with Crippen molar-refractivity contribution in [2.24, 2.45) is 5.73 Å². The quantitative estimate of drug-likeness (QED) is 0.154. The largest absolute Gasteiger partial charge is 0.397 e. The van der Waals surface area contributed by atoms with Crippen molar-refractivity contribution < 1.29 is 14.4 Å². The van der Waals surface area contributed by atoms with Crippen molar-refractivity contribution in [1.29, 1.82) is 5.41 Å². The molecule has 0 bridgehead atoms. The van der Waals surface area contributed by atoms with Crippen LogP contribution in [0.1, 0.15) is 54.6 Å². The number of rotatable bonds is 8. The molecule has 0 saturated heterocycles. The molecular formula is C19H27Cl2N11O3. The third-order valence-electron chi connectivity index (χ3n) is 5.02. The predicted molar refractivity (Wildman–Crippen MR) is 136 cm³/mol. The van der Waals surface area contributed by atoms with Gasteiger partial charge in [-0.2, -0.15) is 10.2 Å². The van der Waals surface area contributed by atoms with Crippen molar-refractivity contribution in [3.8, 4) is 0 Å². The van der Waals surface area contributed by atoms with E-state index in [4.69, 9.17) is 16.9 Å². The number of carbonyl (C=O) groups is 3. The molecule has 0 unspecified atom stereocenters. The summed E-state index contributed by atoms with van der Waals surface area (Å²) < 4.78 is 0. The van der Waals surface area contributed by atoms with Gasteiger partial charge < -0.3 is 32.4 Å². The highest BCUT2D eigenvalue weighted by molar-refractivity contribution is 6.08. The molecular weight excluding hydrogens is 501 g/mol. The van der Waals surface area contributed by atoms with Crippen molar-refractivity contribution in [2.45, 2.75) is 27.2 Å². The minimum absolute atomic E-state index is 0. The Labute approximate surface area is 212 Å². The molecule has 0 aliphatic rings. The summed E-state index contributed by atoms with van der Waals surface area (Å²) in [5.41, 5.74) is 13.5. The summed E-state index contributed by atoms with van der Waals surface area (Å²) in [6.07, 6.45) is 1.74. The van der Waals surface area contributed by atoms with Gasteiger partial charge in [-0.15, -0.1) is 24.8 Å². The first-order valence-electron chi connectivity index (χ1n) is 9.87. The third-order valence-corrected chi connectivity index (χ3v) is 5.02. The summed E-state index contributed by atoms with van der Waals surface area (Å²) in [6, 6.07) is 0. The van der Waals surface area contributed by atoms with E-state index in [1.54, 1.807) is 20.8 Å². The molecule has 3 rings (SSSR count). The molecule has 0 aliphatic heterocycles. The average molecular weight is 528 g/mol. The molecule has 11 N–H and O–H groups in total. The lowest BCUT2D eigenvalue weighted by atomic mass is 10.2. The van der Waals surface area contributed by atoms with Crippen molar-refractivity contribution in [3.63, 3.8) is 0 Å². The highest BCUT2D eigenvalue weighted by Gasteiger charge is 2.22. The van der Waals surface area contributed by atoms with Gasteiger partial charge in [0.2, 0.25) is 0 Å². The van der Waals surface area contributed by atoms with Crippen LogP contribution < -0.4 is 27.4 Å². The zero-order chi connectivity index (χ0) is 24.3. The normalized spacial score (nSPS) is 10.0. The van der Waals surface area contributed by atoms with Gasteiger partial charge in [0.05, 0.1) is 11.5 Å². The number of anilines is 3. The molecule has 3 aromatic rings. The van der Waals surface area contributed by atoms with Crippen molar-refractivity contribution in [3.05, 3.63) is 40.0 Å². The highest BCUT2D eigenvalue weighted by atomic mass is 35.5. The van der Waals surface area contributed by atoms with Crippen LogP contribution in [0, 0.1) is 26.2 Å². The first-order valence-corrected chi connectivity index (χ1v) is 9.87. The van der Waals surface area contributed by atoms with E-state index in [0.29, 0.717) is 28.1 Å². The van der Waals surface area contributed by atoms with E-state index in [1.165, 1.54) is 6.20 Å². The van der Waals surface area contributed by atoms with Crippen molar-refractivity contribution in [1.82, 2.24) is 30.7 Å². The van der Waals surface area contributed by atoms with E-state index in [1.807, 2.05) is 0 Å². The number of halogens is 2. The summed E-state index contributed by atoms with van der Waals surface area (Å²) in [5.74, 6) is -1.14. The molecule has 3 aromatic heterocycles. The lowest BCUT2D eigenvalue weighted by Crippen LogP contribution is -2.28. The maximum absolute atomic E-state index is 12.7. The smallest absolute Gasteiger partial charge is 0.275 e. The van der Waals surface area contributed by atoms with E-state index in [-0.39, 0.29) is 66.6 Å². The Bertz CT molecular complexity index is 1240. The number of nitrogens with two attached hydrogens (primary N) is 2. The molecule has 190 valence electrons. The molecule has 0 spiro atoms. The fourth-order valence-electron chi connectivity index (χ4n) is 2.97. The summed E-state index contributed by atoms with van der Waals surface area (Å²) in [4.78, 5) is 40.2. The van der Waals surface area contributed by atoms with Crippen LogP contribution >= 0.6 is 24.8 Å². The van der Waals surface area contributed by atoms with E-state index in [2.05, 4.69) is 41.3 Å². The number of aromatic nitrogens is 5.